The van der Waals surface area contributed by atoms with Crippen LogP contribution in [-0.4, -0.2) is 18.0 Å². The average molecular weight is 535 g/mol. The van der Waals surface area contributed by atoms with Gasteiger partial charge < -0.3 is 19.4 Å². The van der Waals surface area contributed by atoms with Crippen molar-refractivity contribution in [1.29, 1.82) is 0 Å². The van der Waals surface area contributed by atoms with Gasteiger partial charge in [0.25, 0.3) is 0 Å². The number of hydrogen-bond donors (Lipinski definition) is 1. The topological polar surface area (TPSA) is 55.8 Å². The van der Waals surface area contributed by atoms with Gasteiger partial charge in [0.15, 0.2) is 0 Å². The van der Waals surface area contributed by atoms with Crippen molar-refractivity contribution in [2.24, 2.45) is 11.8 Å². The summed E-state index contributed by atoms with van der Waals surface area (Å²) in [4.78, 5) is 10.9. The third kappa shape index (κ3) is 7.61. The number of hydrogen-bond acceptors (Lipinski definition) is 4. The maximum absolute atomic E-state index is 10.9. The van der Waals surface area contributed by atoms with Crippen molar-refractivity contribution < 1.29 is 19.4 Å². The highest BCUT2D eigenvalue weighted by Crippen LogP contribution is 2.29. The smallest absolute Gasteiger partial charge is 0.123 e. The van der Waals surface area contributed by atoms with Crippen molar-refractivity contribution >= 4 is 6.29 Å². The predicted octanol–water partition coefficient (Wildman–Crippen LogP) is 6.93. The number of ether oxygens (including phenoxy) is 2. The fourth-order valence-corrected chi connectivity index (χ4v) is 5.50. The molecular formula is C36H38O4. The molecule has 4 aromatic rings. The third-order valence-corrected chi connectivity index (χ3v) is 7.90. The van der Waals surface area contributed by atoms with Crippen molar-refractivity contribution in [2.45, 2.75) is 51.7 Å². The normalized spacial score (nSPS) is 17.4. The van der Waals surface area contributed by atoms with Crippen LogP contribution >= 0.6 is 0 Å². The van der Waals surface area contributed by atoms with Gasteiger partial charge in [-0.3, -0.25) is 0 Å². The number of aldehydes is 1. The molecule has 0 aromatic heterocycles. The summed E-state index contributed by atoms with van der Waals surface area (Å²) in [5.74, 6) is 2.39. The fraction of sp³-hybridized carbons (Fsp3) is 0.306. The van der Waals surface area contributed by atoms with Crippen LogP contribution in [0.5, 0.6) is 11.5 Å². The quantitative estimate of drug-likeness (QED) is 0.249. The molecule has 6 rings (SSSR count). The summed E-state index contributed by atoms with van der Waals surface area (Å²) in [5, 5.41) is 9.31. The van der Waals surface area contributed by atoms with Crippen LogP contribution in [-0.2, 0) is 43.7 Å². The second-order valence-corrected chi connectivity index (χ2v) is 10.8. The van der Waals surface area contributed by atoms with Crippen LogP contribution in [0.4, 0.5) is 0 Å². The molecule has 0 saturated heterocycles. The fourth-order valence-electron chi connectivity index (χ4n) is 5.50. The minimum absolute atomic E-state index is 0.173. The first kappa shape index (κ1) is 27.7. The van der Waals surface area contributed by atoms with Gasteiger partial charge in [-0.2, -0.15) is 0 Å². The van der Waals surface area contributed by atoms with E-state index in [1.165, 1.54) is 27.8 Å². The van der Waals surface area contributed by atoms with Gasteiger partial charge in [0.1, 0.15) is 31.0 Å². The summed E-state index contributed by atoms with van der Waals surface area (Å²) in [6.45, 7) is 1.47. The second kappa shape index (κ2) is 14.0. The Balaban J connectivity index is 0.000000161. The molecule has 0 amide bonds. The lowest BCUT2D eigenvalue weighted by Gasteiger charge is -2.23. The predicted molar refractivity (Wildman–Crippen MR) is 159 cm³/mol. The van der Waals surface area contributed by atoms with Gasteiger partial charge in [-0.25, -0.2) is 0 Å². The first-order valence-corrected chi connectivity index (χ1v) is 14.3. The van der Waals surface area contributed by atoms with Gasteiger partial charge in [-0.15, -0.1) is 0 Å². The Morgan fingerprint density at radius 1 is 0.650 bits per heavy atom. The monoisotopic (exact) mass is 534 g/mol. The van der Waals surface area contributed by atoms with Crippen LogP contribution in [0.15, 0.2) is 97.1 Å². The molecule has 206 valence electrons. The average Bonchev–Trinajstić information content (AvgIpc) is 3.03. The Labute approximate surface area is 237 Å². The molecule has 2 unspecified atom stereocenters. The van der Waals surface area contributed by atoms with Crippen LogP contribution in [0.25, 0.3) is 0 Å². The molecule has 0 bridgehead atoms. The van der Waals surface area contributed by atoms with Crippen LogP contribution < -0.4 is 9.47 Å². The maximum atomic E-state index is 10.9. The lowest BCUT2D eigenvalue weighted by atomic mass is 9.84. The highest BCUT2D eigenvalue weighted by Gasteiger charge is 2.19. The molecule has 0 heterocycles. The number of aliphatic hydroxyl groups excluding tert-OH is 1. The van der Waals surface area contributed by atoms with E-state index >= 15 is 0 Å². The zero-order valence-corrected chi connectivity index (χ0v) is 23.0. The van der Waals surface area contributed by atoms with Gasteiger partial charge in [0.2, 0.25) is 0 Å². The number of carbonyl (C=O) groups excluding carboxylic acids is 1. The number of aliphatic hydroxyl groups is 1. The van der Waals surface area contributed by atoms with Crippen molar-refractivity contribution in [3.05, 3.63) is 130 Å². The molecule has 2 atom stereocenters. The standard InChI is InChI=1S/C18H20O2.C18H18O2/c2*19-12-15-6-7-16-8-9-18(11-17(16)10-15)20-13-14-4-2-1-3-5-14/h1-5,8-9,11,15,19H,6-7,10,12-13H2;1-5,8-9,11-12,15H,6-7,10,13H2. The Morgan fingerprint density at radius 2 is 1.18 bits per heavy atom. The van der Waals surface area contributed by atoms with Gasteiger partial charge in [0.05, 0.1) is 0 Å². The van der Waals surface area contributed by atoms with Crippen molar-refractivity contribution in [3.8, 4) is 11.5 Å². The van der Waals surface area contributed by atoms with Crippen LogP contribution in [0, 0.1) is 11.8 Å². The van der Waals surface area contributed by atoms with E-state index in [1.807, 2.05) is 42.5 Å². The minimum atomic E-state index is 0.173. The van der Waals surface area contributed by atoms with Crippen molar-refractivity contribution in [2.75, 3.05) is 6.61 Å². The number of carbonyl (C=O) groups is 1. The lowest BCUT2D eigenvalue weighted by Crippen LogP contribution is -2.17. The molecule has 40 heavy (non-hydrogen) atoms. The molecule has 4 heteroatoms. The molecule has 4 nitrogen and oxygen atoms in total. The third-order valence-electron chi connectivity index (χ3n) is 7.90. The number of aryl methyl sites for hydroxylation is 2. The Bertz CT molecular complexity index is 1370. The summed E-state index contributed by atoms with van der Waals surface area (Å²) in [6.07, 6.45) is 7.03. The van der Waals surface area contributed by atoms with E-state index in [2.05, 4.69) is 54.6 Å². The summed E-state index contributed by atoms with van der Waals surface area (Å²) in [5.41, 5.74) is 7.70. The summed E-state index contributed by atoms with van der Waals surface area (Å²) in [6, 6.07) is 33.0. The SMILES string of the molecule is O=CC1CCc2ccc(OCc3ccccc3)cc2C1.OCC1CCc2ccc(OCc3ccccc3)cc2C1. The van der Waals surface area contributed by atoms with E-state index in [-0.39, 0.29) is 12.5 Å². The molecule has 4 aromatic carbocycles. The molecule has 2 aliphatic carbocycles. The molecule has 0 aliphatic heterocycles. The number of fused-ring (bicyclic) bond motifs is 2. The highest BCUT2D eigenvalue weighted by atomic mass is 16.5. The summed E-state index contributed by atoms with van der Waals surface area (Å²) in [7, 11) is 0. The van der Waals surface area contributed by atoms with E-state index in [9.17, 15) is 9.90 Å². The lowest BCUT2D eigenvalue weighted by molar-refractivity contribution is -0.111. The summed E-state index contributed by atoms with van der Waals surface area (Å²) < 4.78 is 11.7. The molecule has 0 radical (unpaired) electrons. The van der Waals surface area contributed by atoms with E-state index in [1.54, 1.807) is 0 Å². The molecule has 0 spiro atoms. The van der Waals surface area contributed by atoms with E-state index in [0.717, 1.165) is 61.9 Å². The summed E-state index contributed by atoms with van der Waals surface area (Å²) >= 11 is 0. The number of benzene rings is 4. The molecule has 1 N–H and O–H groups in total. The van der Waals surface area contributed by atoms with Crippen LogP contribution in [0.2, 0.25) is 0 Å². The van der Waals surface area contributed by atoms with E-state index < -0.39 is 0 Å². The van der Waals surface area contributed by atoms with Crippen molar-refractivity contribution in [1.82, 2.24) is 0 Å². The van der Waals surface area contributed by atoms with Gasteiger partial charge in [0, 0.05) is 12.5 Å². The molecule has 2 aliphatic rings. The van der Waals surface area contributed by atoms with Gasteiger partial charge >= 0.3 is 0 Å². The van der Waals surface area contributed by atoms with Crippen molar-refractivity contribution in [3.63, 3.8) is 0 Å². The van der Waals surface area contributed by atoms with Crippen LogP contribution in [0.1, 0.15) is 46.2 Å². The zero-order valence-electron chi connectivity index (χ0n) is 23.0. The zero-order chi connectivity index (χ0) is 27.6. The molecular weight excluding hydrogens is 496 g/mol. The minimum Gasteiger partial charge on any atom is -0.489 e. The molecule has 0 saturated carbocycles. The maximum Gasteiger partial charge on any atom is 0.123 e. The van der Waals surface area contributed by atoms with E-state index in [4.69, 9.17) is 9.47 Å². The van der Waals surface area contributed by atoms with Gasteiger partial charge in [-0.05, 0) is 102 Å². The number of rotatable bonds is 8. The largest absolute Gasteiger partial charge is 0.489 e. The first-order chi connectivity index (χ1) is 19.7. The van der Waals surface area contributed by atoms with E-state index in [0.29, 0.717) is 19.1 Å². The Kier molecular flexibility index (Phi) is 9.65. The highest BCUT2D eigenvalue weighted by molar-refractivity contribution is 5.56. The van der Waals surface area contributed by atoms with Crippen LogP contribution in [0.3, 0.4) is 0 Å². The first-order valence-electron chi connectivity index (χ1n) is 14.3. The second-order valence-electron chi connectivity index (χ2n) is 10.8. The van der Waals surface area contributed by atoms with Gasteiger partial charge in [-0.1, -0.05) is 72.8 Å². The Morgan fingerprint density at radius 3 is 1.70 bits per heavy atom. The molecule has 0 fully saturated rings. The Hall–Kier alpha value is -3.89.